The second kappa shape index (κ2) is 8.67. The summed E-state index contributed by atoms with van der Waals surface area (Å²) >= 11 is 6.12. The highest BCUT2D eigenvalue weighted by Crippen LogP contribution is 2.40. The van der Waals surface area contributed by atoms with Crippen LogP contribution in [0.1, 0.15) is 5.56 Å². The zero-order valence-electron chi connectivity index (χ0n) is 15.4. The van der Waals surface area contributed by atoms with Crippen molar-refractivity contribution in [1.82, 2.24) is 4.90 Å². The van der Waals surface area contributed by atoms with Gasteiger partial charge in [0.1, 0.15) is 5.75 Å². The van der Waals surface area contributed by atoms with Gasteiger partial charge in [-0.1, -0.05) is 11.6 Å². The summed E-state index contributed by atoms with van der Waals surface area (Å²) in [5.74, 6) is 1.17. The number of rotatable bonds is 6. The number of ether oxygens (including phenoxy) is 3. The molecule has 1 aliphatic heterocycles. The fraction of sp³-hybridized carbons (Fsp3) is 0.200. The van der Waals surface area contributed by atoms with Crippen molar-refractivity contribution in [2.24, 2.45) is 0 Å². The van der Waals surface area contributed by atoms with Crippen LogP contribution in [0.2, 0.25) is 5.02 Å². The zero-order chi connectivity index (χ0) is 20.1. The number of hydrogen-bond donors (Lipinski definition) is 1. The highest BCUT2D eigenvalue weighted by Gasteiger charge is 2.17. The third-order valence-electron chi connectivity index (χ3n) is 3.86. The fourth-order valence-electron chi connectivity index (χ4n) is 2.35. The molecule has 28 heavy (non-hydrogen) atoms. The van der Waals surface area contributed by atoms with Crippen LogP contribution in [0.15, 0.2) is 42.5 Å². The Hall–Kier alpha value is -3.19. The molecule has 0 unspecified atom stereocenters. The van der Waals surface area contributed by atoms with Crippen LogP contribution in [0.25, 0.3) is 6.08 Å². The van der Waals surface area contributed by atoms with Gasteiger partial charge in [0.25, 0.3) is 5.91 Å². The maximum absolute atomic E-state index is 12.1. The van der Waals surface area contributed by atoms with Crippen molar-refractivity contribution in [2.45, 2.75) is 0 Å². The van der Waals surface area contributed by atoms with Crippen LogP contribution < -0.4 is 19.5 Å². The smallest absolute Gasteiger partial charge is 0.259 e. The molecule has 0 radical (unpaired) electrons. The van der Waals surface area contributed by atoms with E-state index in [0.29, 0.717) is 28.0 Å². The number of nitrogens with zero attached hydrogens (tertiary/aromatic N) is 1. The van der Waals surface area contributed by atoms with Gasteiger partial charge >= 0.3 is 0 Å². The molecule has 0 fully saturated rings. The SMILES string of the molecule is CN(C)C(=O)COc1ccc(NC(=O)/C=C/c2cc(Cl)c3c(c2)OCO3)cc1. The van der Waals surface area contributed by atoms with Crippen LogP contribution in [0.4, 0.5) is 5.69 Å². The number of likely N-dealkylation sites (N-methyl/N-ethyl adjacent to an activating group) is 1. The Morgan fingerprint density at radius 3 is 2.68 bits per heavy atom. The van der Waals surface area contributed by atoms with Gasteiger partial charge in [-0.15, -0.1) is 0 Å². The Labute approximate surface area is 167 Å². The molecule has 0 saturated carbocycles. The molecule has 1 heterocycles. The summed E-state index contributed by atoms with van der Waals surface area (Å²) in [5, 5.41) is 3.17. The molecule has 0 bridgehead atoms. The summed E-state index contributed by atoms with van der Waals surface area (Å²) in [4.78, 5) is 25.1. The summed E-state index contributed by atoms with van der Waals surface area (Å²) in [6.45, 7) is 0.0885. The van der Waals surface area contributed by atoms with Crippen LogP contribution >= 0.6 is 11.6 Å². The van der Waals surface area contributed by atoms with Gasteiger partial charge in [-0.05, 0) is 48.0 Å². The first-order valence-corrected chi connectivity index (χ1v) is 8.81. The minimum absolute atomic E-state index is 0.0421. The molecule has 2 amide bonds. The second-order valence-electron chi connectivity index (χ2n) is 6.16. The van der Waals surface area contributed by atoms with Crippen LogP contribution in [0.5, 0.6) is 17.2 Å². The Kier molecular flexibility index (Phi) is 6.06. The first-order chi connectivity index (χ1) is 13.4. The summed E-state index contributed by atoms with van der Waals surface area (Å²) in [6, 6.07) is 10.2. The van der Waals surface area contributed by atoms with Crippen molar-refractivity contribution in [3.8, 4) is 17.2 Å². The number of nitrogens with one attached hydrogen (secondary N) is 1. The Bertz CT molecular complexity index is 910. The van der Waals surface area contributed by atoms with Gasteiger partial charge in [0.05, 0.1) is 5.02 Å². The van der Waals surface area contributed by atoms with E-state index in [1.807, 2.05) is 0 Å². The van der Waals surface area contributed by atoms with E-state index >= 15 is 0 Å². The number of halogens is 1. The maximum atomic E-state index is 12.1. The second-order valence-corrected chi connectivity index (χ2v) is 6.57. The Balaban J connectivity index is 1.55. The van der Waals surface area contributed by atoms with E-state index in [9.17, 15) is 9.59 Å². The van der Waals surface area contributed by atoms with Crippen LogP contribution in [0.3, 0.4) is 0 Å². The lowest BCUT2D eigenvalue weighted by Crippen LogP contribution is -2.27. The number of carbonyl (C=O) groups excluding carboxylic acids is 2. The summed E-state index contributed by atoms with van der Waals surface area (Å²) < 4.78 is 15.9. The number of benzene rings is 2. The van der Waals surface area contributed by atoms with Gasteiger partial charge < -0.3 is 24.4 Å². The van der Waals surface area contributed by atoms with Gasteiger partial charge in [0.15, 0.2) is 18.1 Å². The van der Waals surface area contributed by atoms with Crippen molar-refractivity contribution in [3.63, 3.8) is 0 Å². The third-order valence-corrected chi connectivity index (χ3v) is 4.14. The van der Waals surface area contributed by atoms with Crippen molar-refractivity contribution in [3.05, 3.63) is 53.1 Å². The quantitative estimate of drug-likeness (QED) is 0.751. The third kappa shape index (κ3) is 4.95. The molecule has 1 N–H and O–H groups in total. The Morgan fingerprint density at radius 1 is 1.21 bits per heavy atom. The largest absolute Gasteiger partial charge is 0.484 e. The molecule has 3 rings (SSSR count). The fourth-order valence-corrected chi connectivity index (χ4v) is 2.62. The molecule has 146 valence electrons. The highest BCUT2D eigenvalue weighted by atomic mass is 35.5. The van der Waals surface area contributed by atoms with E-state index in [-0.39, 0.29) is 25.2 Å². The lowest BCUT2D eigenvalue weighted by Gasteiger charge is -2.11. The monoisotopic (exact) mass is 402 g/mol. The summed E-state index contributed by atoms with van der Waals surface area (Å²) in [5.41, 5.74) is 1.32. The highest BCUT2D eigenvalue weighted by molar-refractivity contribution is 6.32. The van der Waals surface area contributed by atoms with Gasteiger partial charge in [-0.25, -0.2) is 0 Å². The molecule has 8 heteroatoms. The van der Waals surface area contributed by atoms with Gasteiger partial charge in [0.2, 0.25) is 12.7 Å². The number of anilines is 1. The molecule has 1 aliphatic rings. The van der Waals surface area contributed by atoms with E-state index in [0.717, 1.165) is 5.56 Å². The van der Waals surface area contributed by atoms with Crippen molar-refractivity contribution in [1.29, 1.82) is 0 Å². The van der Waals surface area contributed by atoms with E-state index in [2.05, 4.69) is 5.32 Å². The minimum Gasteiger partial charge on any atom is -0.484 e. The predicted octanol–water partition coefficient (Wildman–Crippen LogP) is 3.19. The van der Waals surface area contributed by atoms with Crippen molar-refractivity contribution < 1.29 is 23.8 Å². The van der Waals surface area contributed by atoms with Crippen LogP contribution in [-0.2, 0) is 9.59 Å². The van der Waals surface area contributed by atoms with Crippen molar-refractivity contribution in [2.75, 3.05) is 32.8 Å². The predicted molar refractivity (Wildman–Crippen MR) is 106 cm³/mol. The van der Waals surface area contributed by atoms with Crippen molar-refractivity contribution >= 4 is 35.2 Å². The molecular weight excluding hydrogens is 384 g/mol. The standard InChI is InChI=1S/C20H19ClN2O5/c1-23(2)19(25)11-26-15-6-4-14(5-7-15)22-18(24)8-3-13-9-16(21)20-17(10-13)27-12-28-20/h3-10H,11-12H2,1-2H3,(H,22,24)/b8-3+. The molecule has 0 aliphatic carbocycles. The number of hydrogen-bond acceptors (Lipinski definition) is 5. The lowest BCUT2D eigenvalue weighted by molar-refractivity contribution is -0.130. The molecule has 0 spiro atoms. The minimum atomic E-state index is -0.301. The van der Waals surface area contributed by atoms with Crippen LogP contribution in [-0.4, -0.2) is 44.2 Å². The summed E-state index contributed by atoms with van der Waals surface area (Å²) in [7, 11) is 3.32. The van der Waals surface area contributed by atoms with E-state index < -0.39 is 0 Å². The van der Waals surface area contributed by atoms with Gasteiger partial charge in [0, 0.05) is 25.9 Å². The maximum Gasteiger partial charge on any atom is 0.259 e. The Morgan fingerprint density at radius 2 is 1.96 bits per heavy atom. The first kappa shape index (κ1) is 19.6. The topological polar surface area (TPSA) is 77.1 Å². The molecule has 0 aromatic heterocycles. The molecule has 7 nitrogen and oxygen atoms in total. The molecular formula is C20H19ClN2O5. The molecule has 0 atom stereocenters. The van der Waals surface area contributed by atoms with E-state index in [4.69, 9.17) is 25.8 Å². The number of amides is 2. The molecule has 2 aromatic carbocycles. The van der Waals surface area contributed by atoms with E-state index in [1.54, 1.807) is 56.6 Å². The van der Waals surface area contributed by atoms with Gasteiger partial charge in [-0.3, -0.25) is 9.59 Å². The number of carbonyl (C=O) groups is 2. The number of fused-ring (bicyclic) bond motifs is 1. The lowest BCUT2D eigenvalue weighted by atomic mass is 10.2. The normalized spacial score (nSPS) is 12.1. The average Bonchev–Trinajstić information content (AvgIpc) is 3.15. The average molecular weight is 403 g/mol. The first-order valence-electron chi connectivity index (χ1n) is 8.43. The molecule has 2 aromatic rings. The van der Waals surface area contributed by atoms with Crippen LogP contribution in [0, 0.1) is 0 Å². The van der Waals surface area contributed by atoms with Gasteiger partial charge in [-0.2, -0.15) is 0 Å². The zero-order valence-corrected chi connectivity index (χ0v) is 16.2. The summed E-state index contributed by atoms with van der Waals surface area (Å²) in [6.07, 6.45) is 3.03. The molecule has 0 saturated heterocycles. The van der Waals surface area contributed by atoms with E-state index in [1.165, 1.54) is 11.0 Å².